The molecule has 1 aliphatic rings. The van der Waals surface area contributed by atoms with Gasteiger partial charge in [0.15, 0.2) is 0 Å². The maximum Gasteiger partial charge on any atom is 0.261 e. The van der Waals surface area contributed by atoms with Crippen LogP contribution in [0.15, 0.2) is 11.0 Å². The lowest BCUT2D eigenvalue weighted by Crippen LogP contribution is -2.21. The van der Waals surface area contributed by atoms with E-state index in [1.54, 1.807) is 0 Å². The van der Waals surface area contributed by atoms with Gasteiger partial charge in [0.25, 0.3) is 9.05 Å². The normalized spacial score (nSPS) is 15.6. The van der Waals surface area contributed by atoms with Crippen molar-refractivity contribution in [1.29, 1.82) is 0 Å². The molecule has 0 heterocycles. The van der Waals surface area contributed by atoms with Crippen LogP contribution in [0.25, 0.3) is 0 Å². The fourth-order valence-electron chi connectivity index (χ4n) is 2.21. The van der Waals surface area contributed by atoms with Crippen molar-refractivity contribution >= 4 is 54.5 Å². The first-order chi connectivity index (χ1) is 9.70. The standard InChI is InChI=1S/C13H14Cl3NO3S/c1-7-10(21(16,19)20)6-9(14)13(12(7)15)17-11(18)5-8-3-2-4-8/h6,8H,2-5H2,1H3,(H,17,18). The fourth-order valence-corrected chi connectivity index (χ4v) is 4.09. The second-order valence-electron chi connectivity index (χ2n) is 5.16. The SMILES string of the molecule is Cc1c(S(=O)(=O)Cl)cc(Cl)c(NC(=O)CC2CCC2)c1Cl. The summed E-state index contributed by atoms with van der Waals surface area (Å²) in [6.07, 6.45) is 3.68. The van der Waals surface area contributed by atoms with Crippen molar-refractivity contribution in [1.82, 2.24) is 0 Å². The molecule has 1 aromatic rings. The zero-order valence-corrected chi connectivity index (χ0v) is 14.3. The third kappa shape index (κ3) is 3.83. The van der Waals surface area contributed by atoms with Crippen molar-refractivity contribution < 1.29 is 13.2 Å². The van der Waals surface area contributed by atoms with E-state index in [4.69, 9.17) is 33.9 Å². The number of halogens is 3. The van der Waals surface area contributed by atoms with Crippen LogP contribution in [-0.4, -0.2) is 14.3 Å². The highest BCUT2D eigenvalue weighted by Crippen LogP contribution is 2.38. The Morgan fingerprint density at radius 3 is 2.48 bits per heavy atom. The summed E-state index contributed by atoms with van der Waals surface area (Å²) in [6.45, 7) is 1.51. The quantitative estimate of drug-likeness (QED) is 0.801. The summed E-state index contributed by atoms with van der Waals surface area (Å²) in [5.74, 6) is 0.232. The molecule has 21 heavy (non-hydrogen) atoms. The predicted molar refractivity (Wildman–Crippen MR) is 84.8 cm³/mol. The van der Waals surface area contributed by atoms with Crippen LogP contribution in [0.2, 0.25) is 10.0 Å². The monoisotopic (exact) mass is 369 g/mol. The number of carbonyl (C=O) groups excluding carboxylic acids is 1. The first-order valence-electron chi connectivity index (χ1n) is 6.43. The van der Waals surface area contributed by atoms with Gasteiger partial charge in [0.1, 0.15) is 0 Å². The number of anilines is 1. The molecule has 4 nitrogen and oxygen atoms in total. The van der Waals surface area contributed by atoms with Gasteiger partial charge in [-0.25, -0.2) is 8.42 Å². The summed E-state index contributed by atoms with van der Waals surface area (Å²) >= 11 is 12.1. The predicted octanol–water partition coefficient (Wildman–Crippen LogP) is 4.36. The van der Waals surface area contributed by atoms with Gasteiger partial charge >= 0.3 is 0 Å². The fraction of sp³-hybridized carbons (Fsp3) is 0.462. The topological polar surface area (TPSA) is 63.2 Å². The zero-order valence-electron chi connectivity index (χ0n) is 11.3. The van der Waals surface area contributed by atoms with Gasteiger partial charge in [0.05, 0.1) is 20.6 Å². The Kier molecular flexibility index (Phi) is 5.08. The van der Waals surface area contributed by atoms with E-state index in [1.807, 2.05) is 0 Å². The van der Waals surface area contributed by atoms with Crippen LogP contribution in [0, 0.1) is 12.8 Å². The van der Waals surface area contributed by atoms with Crippen molar-refractivity contribution in [3.05, 3.63) is 21.7 Å². The third-order valence-electron chi connectivity index (χ3n) is 3.64. The van der Waals surface area contributed by atoms with Gasteiger partial charge in [-0.1, -0.05) is 29.6 Å². The molecule has 1 saturated carbocycles. The Labute approximate surface area is 138 Å². The zero-order chi connectivity index (χ0) is 15.8. The van der Waals surface area contributed by atoms with Crippen LogP contribution in [0.3, 0.4) is 0 Å². The molecule has 0 aromatic heterocycles. The summed E-state index contributed by atoms with van der Waals surface area (Å²) in [7, 11) is 1.38. The summed E-state index contributed by atoms with van der Waals surface area (Å²) in [5, 5.41) is 2.79. The van der Waals surface area contributed by atoms with Crippen LogP contribution in [0.5, 0.6) is 0 Å². The lowest BCUT2D eigenvalue weighted by atomic mass is 9.83. The van der Waals surface area contributed by atoms with E-state index in [1.165, 1.54) is 13.0 Å². The number of benzene rings is 1. The first kappa shape index (κ1) is 16.9. The average Bonchev–Trinajstić information content (AvgIpc) is 2.32. The number of nitrogens with one attached hydrogen (secondary N) is 1. The van der Waals surface area contributed by atoms with Gasteiger partial charge in [-0.15, -0.1) is 0 Å². The smallest absolute Gasteiger partial charge is 0.261 e. The summed E-state index contributed by atoms with van der Waals surface area (Å²) in [5.41, 5.74) is 0.485. The van der Waals surface area contributed by atoms with Gasteiger partial charge in [0.2, 0.25) is 5.91 Å². The first-order valence-corrected chi connectivity index (χ1v) is 9.49. The molecule has 0 atom stereocenters. The minimum atomic E-state index is -3.95. The number of hydrogen-bond acceptors (Lipinski definition) is 3. The molecule has 0 aliphatic heterocycles. The van der Waals surface area contributed by atoms with Crippen molar-refractivity contribution in [3.63, 3.8) is 0 Å². The molecular weight excluding hydrogens is 357 g/mol. The average molecular weight is 371 g/mol. The van der Waals surface area contributed by atoms with Gasteiger partial charge in [-0.3, -0.25) is 4.79 Å². The Bertz CT molecular complexity index is 684. The van der Waals surface area contributed by atoms with E-state index in [-0.39, 0.29) is 32.1 Å². The molecule has 0 bridgehead atoms. The molecule has 1 fully saturated rings. The lowest BCUT2D eigenvalue weighted by Gasteiger charge is -2.24. The Balaban J connectivity index is 2.28. The highest BCUT2D eigenvalue weighted by atomic mass is 35.7. The maximum absolute atomic E-state index is 11.9. The van der Waals surface area contributed by atoms with Gasteiger partial charge in [-0.2, -0.15) is 0 Å². The number of hydrogen-bond donors (Lipinski definition) is 1. The van der Waals surface area contributed by atoms with Gasteiger partial charge in [-0.05, 0) is 37.3 Å². The van der Waals surface area contributed by atoms with E-state index in [2.05, 4.69) is 5.32 Å². The van der Waals surface area contributed by atoms with E-state index in [0.717, 1.165) is 19.3 Å². The number of carbonyl (C=O) groups is 1. The second kappa shape index (κ2) is 6.32. The van der Waals surface area contributed by atoms with E-state index in [9.17, 15) is 13.2 Å². The lowest BCUT2D eigenvalue weighted by molar-refractivity contribution is -0.117. The molecule has 0 saturated heterocycles. The second-order valence-corrected chi connectivity index (χ2v) is 8.48. The summed E-state index contributed by atoms with van der Waals surface area (Å²) in [4.78, 5) is 11.8. The summed E-state index contributed by atoms with van der Waals surface area (Å²) in [6, 6.07) is 1.20. The van der Waals surface area contributed by atoms with E-state index >= 15 is 0 Å². The molecule has 1 aliphatic carbocycles. The number of amides is 1. The molecule has 8 heteroatoms. The van der Waals surface area contributed by atoms with E-state index in [0.29, 0.717) is 12.3 Å². The van der Waals surface area contributed by atoms with Gasteiger partial charge < -0.3 is 5.32 Å². The molecule has 0 spiro atoms. The minimum absolute atomic E-state index is 0.0479. The van der Waals surface area contributed by atoms with Crippen LogP contribution in [-0.2, 0) is 13.8 Å². The number of rotatable bonds is 4. The Hall–Kier alpha value is -0.490. The van der Waals surface area contributed by atoms with Crippen molar-refractivity contribution in [2.45, 2.75) is 37.5 Å². The molecule has 0 radical (unpaired) electrons. The molecule has 2 rings (SSSR count). The minimum Gasteiger partial charge on any atom is -0.324 e. The van der Waals surface area contributed by atoms with E-state index < -0.39 is 9.05 Å². The molecule has 1 aromatic carbocycles. The van der Waals surface area contributed by atoms with Gasteiger partial charge in [0, 0.05) is 17.1 Å². The van der Waals surface area contributed by atoms with Crippen molar-refractivity contribution in [2.75, 3.05) is 5.32 Å². The largest absolute Gasteiger partial charge is 0.324 e. The molecule has 0 unspecified atom stereocenters. The molecule has 1 amide bonds. The van der Waals surface area contributed by atoms with Crippen LogP contribution in [0.4, 0.5) is 5.69 Å². The van der Waals surface area contributed by atoms with Crippen molar-refractivity contribution in [2.24, 2.45) is 5.92 Å². The van der Waals surface area contributed by atoms with Crippen LogP contribution in [0.1, 0.15) is 31.2 Å². The maximum atomic E-state index is 11.9. The van der Waals surface area contributed by atoms with Crippen molar-refractivity contribution in [3.8, 4) is 0 Å². The summed E-state index contributed by atoms with van der Waals surface area (Å²) < 4.78 is 22.9. The highest BCUT2D eigenvalue weighted by molar-refractivity contribution is 8.13. The molecule has 116 valence electrons. The van der Waals surface area contributed by atoms with Crippen LogP contribution >= 0.6 is 33.9 Å². The molecular formula is C13H14Cl3NO3S. The Morgan fingerprint density at radius 1 is 1.38 bits per heavy atom. The third-order valence-corrected chi connectivity index (χ3v) is 5.86. The Morgan fingerprint density at radius 2 is 2.00 bits per heavy atom. The molecule has 1 N–H and O–H groups in total. The highest BCUT2D eigenvalue weighted by Gasteiger charge is 2.24. The van der Waals surface area contributed by atoms with Crippen LogP contribution < -0.4 is 5.32 Å².